The second-order valence-corrected chi connectivity index (χ2v) is 8.12. The van der Waals surface area contributed by atoms with Gasteiger partial charge in [-0.3, -0.25) is 9.69 Å². The monoisotopic (exact) mass is 377 g/mol. The molecule has 1 aliphatic rings. The Morgan fingerprint density at radius 2 is 1.79 bits per heavy atom. The van der Waals surface area contributed by atoms with Crippen LogP contribution in [0.2, 0.25) is 0 Å². The molecular weight excluding hydrogens is 350 g/mol. The highest BCUT2D eigenvalue weighted by Gasteiger charge is 2.22. The maximum Gasteiger partial charge on any atom is 0.251 e. The molecule has 1 aromatic heterocycles. The summed E-state index contributed by atoms with van der Waals surface area (Å²) in [5.41, 5.74) is 4.51. The van der Waals surface area contributed by atoms with Crippen LogP contribution in [0.3, 0.4) is 0 Å². The maximum absolute atomic E-state index is 12.6. The highest BCUT2D eigenvalue weighted by atomic mass is 16.1. The number of aromatic amines is 1. The number of nitrogens with one attached hydrogen (secondary N) is 2. The van der Waals surface area contributed by atoms with E-state index < -0.39 is 0 Å². The molecule has 0 saturated carbocycles. The van der Waals surface area contributed by atoms with E-state index in [4.69, 9.17) is 0 Å². The van der Waals surface area contributed by atoms with Gasteiger partial charge in [0.1, 0.15) is 11.0 Å². The van der Waals surface area contributed by atoms with Crippen LogP contribution in [0.15, 0.2) is 42.5 Å². The van der Waals surface area contributed by atoms with Crippen LogP contribution in [0.4, 0.5) is 0 Å². The van der Waals surface area contributed by atoms with Crippen molar-refractivity contribution in [3.05, 3.63) is 59.2 Å². The van der Waals surface area contributed by atoms with Crippen LogP contribution in [0.1, 0.15) is 41.8 Å². The number of aromatic nitrogens is 3. The van der Waals surface area contributed by atoms with E-state index in [1.54, 1.807) is 18.2 Å². The number of rotatable bonds is 5. The number of carbonyl (C=O) groups excluding carboxylic acids is 1. The summed E-state index contributed by atoms with van der Waals surface area (Å²) < 4.78 is 0. The van der Waals surface area contributed by atoms with Gasteiger partial charge in [-0.05, 0) is 47.6 Å². The average Bonchev–Trinajstić information content (AvgIpc) is 3.14. The summed E-state index contributed by atoms with van der Waals surface area (Å²) in [6.45, 7) is 8.41. The number of piperidine rings is 1. The van der Waals surface area contributed by atoms with E-state index >= 15 is 0 Å². The number of hydrogen-bond acceptors (Lipinski definition) is 4. The second kappa shape index (κ2) is 8.10. The molecule has 0 radical (unpaired) electrons. The van der Waals surface area contributed by atoms with Gasteiger partial charge < -0.3 is 5.32 Å². The lowest BCUT2D eigenvalue weighted by molar-refractivity contribution is 0.0950. The molecule has 1 saturated heterocycles. The van der Waals surface area contributed by atoms with Gasteiger partial charge in [0.05, 0.1) is 0 Å². The number of carbonyl (C=O) groups is 1. The Labute approximate surface area is 165 Å². The van der Waals surface area contributed by atoms with Crippen LogP contribution in [-0.4, -0.2) is 39.3 Å². The molecule has 2 aromatic carbocycles. The molecule has 2 heterocycles. The summed E-state index contributed by atoms with van der Waals surface area (Å²) in [6, 6.07) is 13.7. The number of benzene rings is 2. The molecule has 28 heavy (non-hydrogen) atoms. The molecule has 1 fully saturated rings. The predicted molar refractivity (Wildman–Crippen MR) is 110 cm³/mol. The lowest BCUT2D eigenvalue weighted by Gasteiger charge is -2.35. The van der Waals surface area contributed by atoms with Gasteiger partial charge in [0.25, 0.3) is 5.91 Å². The fourth-order valence-corrected chi connectivity index (χ4v) is 4.31. The van der Waals surface area contributed by atoms with Crippen molar-refractivity contribution in [1.29, 1.82) is 0 Å². The third-order valence-electron chi connectivity index (χ3n) is 5.47. The van der Waals surface area contributed by atoms with Crippen molar-refractivity contribution < 1.29 is 4.79 Å². The number of amides is 1. The van der Waals surface area contributed by atoms with Crippen LogP contribution < -0.4 is 5.32 Å². The van der Waals surface area contributed by atoms with Gasteiger partial charge in [-0.1, -0.05) is 38.1 Å². The summed E-state index contributed by atoms with van der Waals surface area (Å²) in [4.78, 5) is 15.1. The predicted octanol–water partition coefficient (Wildman–Crippen LogP) is 3.37. The van der Waals surface area contributed by atoms with Gasteiger partial charge in [-0.2, -0.15) is 15.4 Å². The average molecular weight is 377 g/mol. The van der Waals surface area contributed by atoms with E-state index in [0.717, 1.165) is 37.0 Å². The zero-order valence-corrected chi connectivity index (χ0v) is 16.5. The summed E-state index contributed by atoms with van der Waals surface area (Å²) in [6.07, 6.45) is 1.31. The number of hydrogen-bond donors (Lipinski definition) is 2. The lowest BCUT2D eigenvalue weighted by atomic mass is 9.91. The lowest BCUT2D eigenvalue weighted by Crippen LogP contribution is -2.38. The maximum atomic E-state index is 12.6. The van der Waals surface area contributed by atoms with Crippen LogP contribution in [0, 0.1) is 11.8 Å². The van der Waals surface area contributed by atoms with Crippen LogP contribution in [-0.2, 0) is 13.1 Å². The first-order chi connectivity index (χ1) is 13.6. The molecule has 6 heteroatoms. The summed E-state index contributed by atoms with van der Waals surface area (Å²) >= 11 is 0. The fraction of sp³-hybridized carbons (Fsp3) is 0.409. The Bertz CT molecular complexity index is 956. The minimum Gasteiger partial charge on any atom is -0.348 e. The highest BCUT2D eigenvalue weighted by molar-refractivity contribution is 5.97. The molecule has 0 spiro atoms. The first kappa shape index (κ1) is 18.6. The Hall–Kier alpha value is -2.73. The third-order valence-corrected chi connectivity index (χ3v) is 5.47. The van der Waals surface area contributed by atoms with Gasteiger partial charge in [-0.25, -0.2) is 0 Å². The SMILES string of the molecule is CC1CC(C)CN(Cc2ccccc2CNC(=O)c2ccc3n[nH]nc3c2)C1. The Balaban J connectivity index is 1.42. The minimum atomic E-state index is -0.0973. The number of H-pyrrole nitrogens is 1. The van der Waals surface area contributed by atoms with Gasteiger partial charge in [0.15, 0.2) is 0 Å². The topological polar surface area (TPSA) is 73.9 Å². The minimum absolute atomic E-state index is 0.0973. The smallest absolute Gasteiger partial charge is 0.251 e. The van der Waals surface area contributed by atoms with Crippen molar-refractivity contribution in [2.24, 2.45) is 11.8 Å². The van der Waals surface area contributed by atoms with Crippen molar-refractivity contribution >= 4 is 16.9 Å². The zero-order chi connectivity index (χ0) is 19.5. The van der Waals surface area contributed by atoms with E-state index in [-0.39, 0.29) is 5.91 Å². The van der Waals surface area contributed by atoms with Crippen molar-refractivity contribution in [2.75, 3.05) is 13.1 Å². The molecule has 2 atom stereocenters. The molecule has 1 aliphatic heterocycles. The molecule has 0 aliphatic carbocycles. The van der Waals surface area contributed by atoms with Crippen molar-refractivity contribution in [1.82, 2.24) is 25.6 Å². The summed E-state index contributed by atoms with van der Waals surface area (Å²) in [7, 11) is 0. The van der Waals surface area contributed by atoms with E-state index in [1.165, 1.54) is 17.5 Å². The fourth-order valence-electron chi connectivity index (χ4n) is 4.31. The molecule has 146 valence electrons. The summed E-state index contributed by atoms with van der Waals surface area (Å²) in [5, 5.41) is 13.7. The molecule has 2 N–H and O–H groups in total. The number of likely N-dealkylation sites (tertiary alicyclic amines) is 1. The van der Waals surface area contributed by atoms with Crippen molar-refractivity contribution in [3.8, 4) is 0 Å². The second-order valence-electron chi connectivity index (χ2n) is 8.12. The van der Waals surface area contributed by atoms with Gasteiger partial charge >= 0.3 is 0 Å². The molecule has 0 bridgehead atoms. The van der Waals surface area contributed by atoms with Crippen LogP contribution in [0.25, 0.3) is 11.0 Å². The van der Waals surface area contributed by atoms with E-state index in [0.29, 0.717) is 17.6 Å². The van der Waals surface area contributed by atoms with E-state index in [2.05, 4.69) is 57.7 Å². The Kier molecular flexibility index (Phi) is 5.39. The number of nitrogens with zero attached hydrogens (tertiary/aromatic N) is 3. The van der Waals surface area contributed by atoms with Gasteiger partial charge in [0.2, 0.25) is 0 Å². The van der Waals surface area contributed by atoms with Crippen molar-refractivity contribution in [3.63, 3.8) is 0 Å². The third kappa shape index (κ3) is 4.22. The largest absolute Gasteiger partial charge is 0.348 e. The summed E-state index contributed by atoms with van der Waals surface area (Å²) in [5.74, 6) is 1.38. The molecule has 3 aromatic rings. The molecule has 1 amide bonds. The first-order valence-corrected chi connectivity index (χ1v) is 9.96. The van der Waals surface area contributed by atoms with E-state index in [9.17, 15) is 4.79 Å². The standard InChI is InChI=1S/C22H27N5O/c1-15-9-16(2)13-27(12-15)14-19-6-4-3-5-18(19)11-23-22(28)17-7-8-20-21(10-17)25-26-24-20/h3-8,10,15-16H,9,11-14H2,1-2H3,(H,23,28)(H,24,25,26). The Morgan fingerprint density at radius 3 is 2.57 bits per heavy atom. The number of fused-ring (bicyclic) bond motifs is 1. The quantitative estimate of drug-likeness (QED) is 0.715. The molecular formula is C22H27N5O. The molecule has 6 nitrogen and oxygen atoms in total. The van der Waals surface area contributed by atoms with Gasteiger partial charge in [0, 0.05) is 31.7 Å². The first-order valence-electron chi connectivity index (χ1n) is 9.96. The van der Waals surface area contributed by atoms with Crippen LogP contribution in [0.5, 0.6) is 0 Å². The van der Waals surface area contributed by atoms with Gasteiger partial charge in [-0.15, -0.1) is 0 Å². The molecule has 4 rings (SSSR count). The van der Waals surface area contributed by atoms with E-state index in [1.807, 2.05) is 6.07 Å². The normalized spacial score (nSPS) is 20.4. The zero-order valence-electron chi connectivity index (χ0n) is 16.5. The highest BCUT2D eigenvalue weighted by Crippen LogP contribution is 2.23. The van der Waals surface area contributed by atoms with Crippen molar-refractivity contribution in [2.45, 2.75) is 33.4 Å². The van der Waals surface area contributed by atoms with Crippen LogP contribution >= 0.6 is 0 Å². The molecule has 2 unspecified atom stereocenters. The Morgan fingerprint density at radius 1 is 1.07 bits per heavy atom.